The van der Waals surface area contributed by atoms with Gasteiger partial charge in [0.1, 0.15) is 11.5 Å². The number of ketones is 1. The second kappa shape index (κ2) is 5.88. The Morgan fingerprint density at radius 2 is 1.55 bits per heavy atom. The lowest BCUT2D eigenvalue weighted by atomic mass is 9.95. The largest absolute Gasteiger partial charge is 0.457 e. The van der Waals surface area contributed by atoms with E-state index in [1.165, 1.54) is 0 Å². The van der Waals surface area contributed by atoms with Crippen molar-refractivity contribution < 1.29 is 9.53 Å². The molecule has 0 aliphatic heterocycles. The first-order valence-corrected chi connectivity index (χ1v) is 6.59. The molecule has 0 unspecified atom stereocenters. The Balaban J connectivity index is 2.05. The van der Waals surface area contributed by atoms with Crippen molar-refractivity contribution >= 4 is 5.78 Å². The zero-order chi connectivity index (χ0) is 14.6. The van der Waals surface area contributed by atoms with E-state index in [0.717, 1.165) is 5.75 Å². The van der Waals surface area contributed by atoms with Gasteiger partial charge >= 0.3 is 0 Å². The van der Waals surface area contributed by atoms with E-state index in [4.69, 9.17) is 10.5 Å². The fourth-order valence-electron chi connectivity index (χ4n) is 1.85. The maximum absolute atomic E-state index is 12.0. The normalized spacial score (nSPS) is 11.2. The minimum absolute atomic E-state index is 0.0451. The molecular formula is C17H19NO2. The fraction of sp³-hybridized carbons (Fsp3) is 0.235. The van der Waals surface area contributed by atoms with Gasteiger partial charge in [0.2, 0.25) is 0 Å². The monoisotopic (exact) mass is 269 g/mol. The zero-order valence-corrected chi connectivity index (χ0v) is 11.8. The maximum Gasteiger partial charge on any atom is 0.164 e. The van der Waals surface area contributed by atoms with Crippen molar-refractivity contribution in [3.8, 4) is 11.5 Å². The van der Waals surface area contributed by atoms with Crippen LogP contribution in [0.15, 0.2) is 54.6 Å². The van der Waals surface area contributed by atoms with Crippen LogP contribution in [-0.4, -0.2) is 11.3 Å². The molecule has 0 amide bonds. The van der Waals surface area contributed by atoms with Crippen LogP contribution in [0.1, 0.15) is 30.6 Å². The standard InChI is InChI=1S/C17H19NO2/c1-17(2,18)12-16(19)13-8-10-15(11-9-13)20-14-6-4-3-5-7-14/h3-11H,12,18H2,1-2H3. The van der Waals surface area contributed by atoms with Gasteiger partial charge in [0, 0.05) is 17.5 Å². The van der Waals surface area contributed by atoms with Gasteiger partial charge in [-0.25, -0.2) is 0 Å². The van der Waals surface area contributed by atoms with Crippen LogP contribution in [-0.2, 0) is 0 Å². The Bertz CT molecular complexity index is 568. The summed E-state index contributed by atoms with van der Waals surface area (Å²) >= 11 is 0. The molecule has 0 saturated heterocycles. The van der Waals surface area contributed by atoms with Crippen LogP contribution >= 0.6 is 0 Å². The highest BCUT2D eigenvalue weighted by Crippen LogP contribution is 2.22. The lowest BCUT2D eigenvalue weighted by Crippen LogP contribution is -2.34. The molecule has 0 atom stereocenters. The molecule has 0 spiro atoms. The minimum atomic E-state index is -0.490. The summed E-state index contributed by atoms with van der Waals surface area (Å²) < 4.78 is 5.68. The molecule has 0 aromatic heterocycles. The van der Waals surface area contributed by atoms with Gasteiger partial charge in [-0.05, 0) is 50.2 Å². The highest BCUT2D eigenvalue weighted by Gasteiger charge is 2.17. The fourth-order valence-corrected chi connectivity index (χ4v) is 1.85. The molecular weight excluding hydrogens is 250 g/mol. The van der Waals surface area contributed by atoms with Crippen molar-refractivity contribution in [2.24, 2.45) is 5.73 Å². The Hall–Kier alpha value is -2.13. The van der Waals surface area contributed by atoms with Crippen LogP contribution in [0.5, 0.6) is 11.5 Å². The number of nitrogens with two attached hydrogens (primary N) is 1. The Morgan fingerprint density at radius 1 is 1.00 bits per heavy atom. The third-order valence-corrected chi connectivity index (χ3v) is 2.77. The van der Waals surface area contributed by atoms with Gasteiger partial charge in [-0.3, -0.25) is 4.79 Å². The molecule has 2 N–H and O–H groups in total. The minimum Gasteiger partial charge on any atom is -0.457 e. The van der Waals surface area contributed by atoms with Crippen molar-refractivity contribution in [1.82, 2.24) is 0 Å². The van der Waals surface area contributed by atoms with Crippen LogP contribution in [0.3, 0.4) is 0 Å². The topological polar surface area (TPSA) is 52.3 Å². The second-order valence-corrected chi connectivity index (χ2v) is 5.53. The number of Topliss-reactive ketones (excluding diaryl/α,β-unsaturated/α-hetero) is 1. The van der Waals surface area contributed by atoms with Gasteiger partial charge in [0.25, 0.3) is 0 Å². The van der Waals surface area contributed by atoms with Gasteiger partial charge in [0.15, 0.2) is 5.78 Å². The molecule has 0 saturated carbocycles. The zero-order valence-electron chi connectivity index (χ0n) is 11.8. The van der Waals surface area contributed by atoms with Gasteiger partial charge in [-0.15, -0.1) is 0 Å². The van der Waals surface area contributed by atoms with Gasteiger partial charge in [-0.2, -0.15) is 0 Å². The van der Waals surface area contributed by atoms with Gasteiger partial charge in [0.05, 0.1) is 0 Å². The van der Waals surface area contributed by atoms with Gasteiger partial charge < -0.3 is 10.5 Å². The van der Waals surface area contributed by atoms with E-state index in [9.17, 15) is 4.79 Å². The molecule has 0 heterocycles. The number of ether oxygens (including phenoxy) is 1. The van der Waals surface area contributed by atoms with Crippen molar-refractivity contribution in [3.63, 3.8) is 0 Å². The summed E-state index contributed by atoms with van der Waals surface area (Å²) in [5.74, 6) is 1.53. The predicted octanol–water partition coefficient (Wildman–Crippen LogP) is 3.79. The van der Waals surface area contributed by atoms with E-state index in [1.54, 1.807) is 24.3 Å². The number of para-hydroxylation sites is 1. The number of benzene rings is 2. The molecule has 0 aliphatic carbocycles. The predicted molar refractivity (Wildman–Crippen MR) is 80.2 cm³/mol. The molecule has 0 aliphatic rings. The molecule has 104 valence electrons. The maximum atomic E-state index is 12.0. The van der Waals surface area contributed by atoms with E-state index < -0.39 is 5.54 Å². The summed E-state index contributed by atoms with van der Waals surface area (Å²) in [6, 6.07) is 16.7. The molecule has 2 aromatic carbocycles. The quantitative estimate of drug-likeness (QED) is 0.840. The van der Waals surface area contributed by atoms with Crippen LogP contribution in [0.2, 0.25) is 0 Å². The third kappa shape index (κ3) is 4.21. The Morgan fingerprint density at radius 3 is 2.10 bits per heavy atom. The number of carbonyl (C=O) groups is 1. The first-order chi connectivity index (χ1) is 9.44. The SMILES string of the molecule is CC(C)(N)CC(=O)c1ccc(Oc2ccccc2)cc1. The first-order valence-electron chi connectivity index (χ1n) is 6.59. The van der Waals surface area contributed by atoms with Crippen LogP contribution < -0.4 is 10.5 Å². The Labute approximate surface area is 119 Å². The number of carbonyl (C=O) groups excluding carboxylic acids is 1. The molecule has 2 rings (SSSR count). The van der Waals surface area contributed by atoms with Crippen molar-refractivity contribution in [3.05, 3.63) is 60.2 Å². The van der Waals surface area contributed by atoms with Gasteiger partial charge in [-0.1, -0.05) is 18.2 Å². The van der Waals surface area contributed by atoms with Crippen molar-refractivity contribution in [2.45, 2.75) is 25.8 Å². The average Bonchev–Trinajstić information content (AvgIpc) is 2.39. The molecule has 0 bridgehead atoms. The highest BCUT2D eigenvalue weighted by molar-refractivity contribution is 5.96. The molecule has 3 nitrogen and oxygen atoms in total. The van der Waals surface area contributed by atoms with Crippen LogP contribution in [0, 0.1) is 0 Å². The second-order valence-electron chi connectivity index (χ2n) is 5.53. The average molecular weight is 269 g/mol. The van der Waals surface area contributed by atoms with E-state index in [1.807, 2.05) is 44.2 Å². The van der Waals surface area contributed by atoms with E-state index >= 15 is 0 Å². The summed E-state index contributed by atoms with van der Waals surface area (Å²) in [4.78, 5) is 12.0. The first kappa shape index (κ1) is 14.3. The van der Waals surface area contributed by atoms with Crippen molar-refractivity contribution in [1.29, 1.82) is 0 Å². The van der Waals surface area contributed by atoms with E-state index in [2.05, 4.69) is 0 Å². The third-order valence-electron chi connectivity index (χ3n) is 2.77. The van der Waals surface area contributed by atoms with E-state index in [-0.39, 0.29) is 5.78 Å². The summed E-state index contributed by atoms with van der Waals surface area (Å²) in [5.41, 5.74) is 6.03. The number of hydrogen-bond donors (Lipinski definition) is 1. The van der Waals surface area contributed by atoms with Crippen LogP contribution in [0.4, 0.5) is 0 Å². The lowest BCUT2D eigenvalue weighted by Gasteiger charge is -2.17. The summed E-state index contributed by atoms with van der Waals surface area (Å²) in [6.45, 7) is 3.69. The smallest absolute Gasteiger partial charge is 0.164 e. The lowest BCUT2D eigenvalue weighted by molar-refractivity contribution is 0.0960. The summed E-state index contributed by atoms with van der Waals surface area (Å²) in [7, 11) is 0. The molecule has 3 heteroatoms. The molecule has 0 radical (unpaired) electrons. The Kier molecular flexibility index (Phi) is 4.20. The number of hydrogen-bond acceptors (Lipinski definition) is 3. The highest BCUT2D eigenvalue weighted by atomic mass is 16.5. The van der Waals surface area contributed by atoms with E-state index in [0.29, 0.717) is 17.7 Å². The molecule has 2 aromatic rings. The summed E-state index contributed by atoms with van der Waals surface area (Å²) in [6.07, 6.45) is 0.325. The van der Waals surface area contributed by atoms with Crippen LogP contribution in [0.25, 0.3) is 0 Å². The molecule has 20 heavy (non-hydrogen) atoms. The van der Waals surface area contributed by atoms with Crippen molar-refractivity contribution in [2.75, 3.05) is 0 Å². The summed E-state index contributed by atoms with van der Waals surface area (Å²) in [5, 5.41) is 0. The molecule has 0 fully saturated rings. The number of rotatable bonds is 5.